The summed E-state index contributed by atoms with van der Waals surface area (Å²) in [5, 5.41) is 6.18. The summed E-state index contributed by atoms with van der Waals surface area (Å²) in [6.07, 6.45) is -5.13. The number of amides is 1. The van der Waals surface area contributed by atoms with Crippen molar-refractivity contribution in [1.29, 1.82) is 0 Å². The van der Waals surface area contributed by atoms with Crippen LogP contribution in [0.25, 0.3) is 5.69 Å². The van der Waals surface area contributed by atoms with Gasteiger partial charge in [-0.3, -0.25) is 4.79 Å². The lowest BCUT2D eigenvalue weighted by Gasteiger charge is -2.13. The minimum atomic E-state index is -5.13. The molecule has 0 radical (unpaired) electrons. The fraction of sp³-hybridized carbons (Fsp3) is 0.118. The molecule has 0 aliphatic heterocycles. The van der Waals surface area contributed by atoms with Crippen molar-refractivity contribution >= 4 is 39.1 Å². The highest BCUT2D eigenvalue weighted by Gasteiger charge is 2.43. The predicted octanol–water partition coefficient (Wildman–Crippen LogP) is 3.72. The van der Waals surface area contributed by atoms with Gasteiger partial charge in [0.15, 0.2) is 11.4 Å². The quantitative estimate of drug-likeness (QED) is 0.579. The van der Waals surface area contributed by atoms with E-state index in [1.54, 1.807) is 0 Å². The predicted molar refractivity (Wildman–Crippen MR) is 104 cm³/mol. The second kappa shape index (κ2) is 8.36. The van der Waals surface area contributed by atoms with Gasteiger partial charge in [0, 0.05) is 6.07 Å². The minimum Gasteiger partial charge on any atom is -0.497 e. The Bertz CT molecular complexity index is 1260. The Hall–Kier alpha value is -2.83. The van der Waals surface area contributed by atoms with Gasteiger partial charge in [-0.2, -0.15) is 13.2 Å². The van der Waals surface area contributed by atoms with Gasteiger partial charge < -0.3 is 4.74 Å². The van der Waals surface area contributed by atoms with Crippen LogP contribution in [0.5, 0.6) is 5.75 Å². The van der Waals surface area contributed by atoms with Crippen molar-refractivity contribution in [2.45, 2.75) is 11.1 Å². The molecule has 14 heteroatoms. The van der Waals surface area contributed by atoms with Gasteiger partial charge in [0.2, 0.25) is 0 Å². The molecule has 1 amide bonds. The van der Waals surface area contributed by atoms with Crippen molar-refractivity contribution in [2.75, 3.05) is 7.11 Å². The molecule has 0 aliphatic carbocycles. The standard InChI is InChI=1S/C17H11Cl2F3N4O4S/c1-30-9-6-7-12(11(19)8-9)26-15(17(20,21)22)14(23-25-26)16(27)24-31(28,29)13-5-3-2-4-10(13)18/h2-8H,1H3,(H,24,27). The van der Waals surface area contributed by atoms with Gasteiger partial charge in [-0.05, 0) is 24.3 Å². The molecule has 3 rings (SSSR count). The summed E-state index contributed by atoms with van der Waals surface area (Å²) in [5.41, 5.74) is -3.14. The molecule has 1 aromatic heterocycles. The van der Waals surface area contributed by atoms with E-state index in [-0.39, 0.29) is 21.5 Å². The highest BCUT2D eigenvalue weighted by molar-refractivity contribution is 7.90. The first-order valence-corrected chi connectivity index (χ1v) is 10.4. The normalized spacial score (nSPS) is 11.9. The van der Waals surface area contributed by atoms with Gasteiger partial charge in [-0.15, -0.1) is 5.10 Å². The molecule has 2 aromatic carbocycles. The van der Waals surface area contributed by atoms with Gasteiger partial charge in [0.25, 0.3) is 15.9 Å². The van der Waals surface area contributed by atoms with E-state index in [1.165, 1.54) is 48.2 Å². The number of halogens is 5. The number of ether oxygens (including phenoxy) is 1. The van der Waals surface area contributed by atoms with Crippen LogP contribution in [-0.4, -0.2) is 36.4 Å². The van der Waals surface area contributed by atoms with Crippen molar-refractivity contribution in [3.05, 3.63) is 63.9 Å². The molecule has 1 heterocycles. The molecule has 0 aliphatic rings. The molecule has 0 fully saturated rings. The number of carbonyl (C=O) groups is 1. The molecule has 0 spiro atoms. The first-order chi connectivity index (χ1) is 14.5. The molecule has 0 unspecified atom stereocenters. The molecular formula is C17H11Cl2F3N4O4S. The van der Waals surface area contributed by atoms with Crippen LogP contribution in [0.3, 0.4) is 0 Å². The molecule has 8 nitrogen and oxygen atoms in total. The van der Waals surface area contributed by atoms with E-state index in [0.29, 0.717) is 4.68 Å². The second-order valence-corrected chi connectivity index (χ2v) is 8.34. The van der Waals surface area contributed by atoms with Crippen LogP contribution in [0.15, 0.2) is 47.4 Å². The first kappa shape index (κ1) is 22.8. The third-order valence-electron chi connectivity index (χ3n) is 3.89. The van der Waals surface area contributed by atoms with Gasteiger partial charge in [-0.1, -0.05) is 40.5 Å². The van der Waals surface area contributed by atoms with Crippen molar-refractivity contribution in [2.24, 2.45) is 0 Å². The number of hydrogen-bond donors (Lipinski definition) is 1. The zero-order chi connectivity index (χ0) is 23.0. The lowest BCUT2D eigenvalue weighted by atomic mass is 10.2. The Morgan fingerprint density at radius 2 is 1.81 bits per heavy atom. The Labute approximate surface area is 183 Å². The van der Waals surface area contributed by atoms with E-state index in [4.69, 9.17) is 27.9 Å². The number of hydrogen-bond acceptors (Lipinski definition) is 6. The van der Waals surface area contributed by atoms with Crippen LogP contribution in [0.4, 0.5) is 13.2 Å². The summed E-state index contributed by atoms with van der Waals surface area (Å²) in [6, 6.07) is 8.82. The lowest BCUT2D eigenvalue weighted by Crippen LogP contribution is -2.33. The van der Waals surface area contributed by atoms with Crippen LogP contribution >= 0.6 is 23.2 Å². The maximum absolute atomic E-state index is 13.8. The van der Waals surface area contributed by atoms with E-state index < -0.39 is 38.4 Å². The summed E-state index contributed by atoms with van der Waals surface area (Å²) in [4.78, 5) is 11.9. The van der Waals surface area contributed by atoms with Crippen LogP contribution in [0, 0.1) is 0 Å². The summed E-state index contributed by atoms with van der Waals surface area (Å²) >= 11 is 11.8. The van der Waals surface area contributed by atoms with Gasteiger partial charge in [-0.25, -0.2) is 17.8 Å². The lowest BCUT2D eigenvalue weighted by molar-refractivity contribution is -0.143. The number of sulfonamides is 1. The largest absolute Gasteiger partial charge is 0.497 e. The van der Waals surface area contributed by atoms with Crippen molar-refractivity contribution < 1.29 is 31.1 Å². The zero-order valence-corrected chi connectivity index (χ0v) is 17.6. The molecule has 31 heavy (non-hydrogen) atoms. The Balaban J connectivity index is 2.07. The Morgan fingerprint density at radius 3 is 2.39 bits per heavy atom. The van der Waals surface area contributed by atoms with Crippen LogP contribution in [0.1, 0.15) is 16.2 Å². The number of carbonyl (C=O) groups excluding carboxylic acids is 1. The third-order valence-corrected chi connectivity index (χ3v) is 6.02. The number of aromatic nitrogens is 3. The number of nitrogens with zero attached hydrogens (tertiary/aromatic N) is 3. The topological polar surface area (TPSA) is 103 Å². The summed E-state index contributed by atoms with van der Waals surface area (Å²) in [5.74, 6) is -1.38. The summed E-state index contributed by atoms with van der Waals surface area (Å²) in [6.45, 7) is 0. The van der Waals surface area contributed by atoms with Gasteiger partial charge in [0.1, 0.15) is 10.6 Å². The highest BCUT2D eigenvalue weighted by Crippen LogP contribution is 2.35. The van der Waals surface area contributed by atoms with E-state index in [9.17, 15) is 26.4 Å². The molecule has 1 N–H and O–H groups in total. The van der Waals surface area contributed by atoms with Crippen molar-refractivity contribution in [1.82, 2.24) is 19.7 Å². The third kappa shape index (κ3) is 4.60. The van der Waals surface area contributed by atoms with E-state index in [1.807, 2.05) is 0 Å². The second-order valence-electron chi connectivity index (χ2n) is 5.88. The van der Waals surface area contributed by atoms with Crippen LogP contribution in [0.2, 0.25) is 10.0 Å². The summed E-state index contributed by atoms with van der Waals surface area (Å²) < 4.78 is 72.9. The van der Waals surface area contributed by atoms with E-state index in [0.717, 1.165) is 6.07 Å². The molecule has 3 aromatic rings. The van der Waals surface area contributed by atoms with Crippen LogP contribution in [-0.2, 0) is 16.2 Å². The number of alkyl halides is 3. The van der Waals surface area contributed by atoms with Gasteiger partial charge >= 0.3 is 6.18 Å². The van der Waals surface area contributed by atoms with Crippen molar-refractivity contribution in [3.63, 3.8) is 0 Å². The number of rotatable bonds is 5. The maximum Gasteiger partial charge on any atom is 0.435 e. The highest BCUT2D eigenvalue weighted by atomic mass is 35.5. The fourth-order valence-electron chi connectivity index (χ4n) is 2.53. The van der Waals surface area contributed by atoms with E-state index >= 15 is 0 Å². The molecule has 0 atom stereocenters. The zero-order valence-electron chi connectivity index (χ0n) is 15.3. The molecule has 0 saturated carbocycles. The van der Waals surface area contributed by atoms with Crippen LogP contribution < -0.4 is 9.46 Å². The molecule has 164 valence electrons. The Morgan fingerprint density at radius 1 is 1.13 bits per heavy atom. The SMILES string of the molecule is COc1ccc(-n2nnc(C(=O)NS(=O)(=O)c3ccccc3Cl)c2C(F)(F)F)c(Cl)c1. The maximum atomic E-state index is 13.8. The Kier molecular flexibility index (Phi) is 6.16. The number of methoxy groups -OCH3 is 1. The first-order valence-electron chi connectivity index (χ1n) is 8.14. The molecule has 0 bridgehead atoms. The smallest absolute Gasteiger partial charge is 0.435 e. The average Bonchev–Trinajstić information content (AvgIpc) is 3.13. The minimum absolute atomic E-state index is 0.176. The number of benzene rings is 2. The average molecular weight is 495 g/mol. The van der Waals surface area contributed by atoms with Crippen molar-refractivity contribution in [3.8, 4) is 11.4 Å². The van der Waals surface area contributed by atoms with Gasteiger partial charge in [0.05, 0.1) is 22.8 Å². The molecule has 0 saturated heterocycles. The fourth-order valence-corrected chi connectivity index (χ4v) is 4.26. The monoisotopic (exact) mass is 494 g/mol. The van der Waals surface area contributed by atoms with E-state index in [2.05, 4.69) is 10.3 Å². The summed E-state index contributed by atoms with van der Waals surface area (Å²) in [7, 11) is -3.25. The number of nitrogens with one attached hydrogen (secondary N) is 1. The molecular weight excluding hydrogens is 484 g/mol.